The maximum Gasteiger partial charge on any atom is 0.191 e. The molecule has 0 saturated heterocycles. The van der Waals surface area contributed by atoms with Gasteiger partial charge in [-0.3, -0.25) is 4.99 Å². The van der Waals surface area contributed by atoms with Gasteiger partial charge >= 0.3 is 0 Å². The third-order valence-electron chi connectivity index (χ3n) is 3.92. The van der Waals surface area contributed by atoms with Gasteiger partial charge in [0.05, 0.1) is 10.7 Å². The number of thiazole rings is 1. The molecule has 1 saturated carbocycles. The Bertz CT molecular complexity index is 433. The van der Waals surface area contributed by atoms with Crippen molar-refractivity contribution in [3.05, 3.63) is 16.1 Å². The molecule has 0 amide bonds. The van der Waals surface area contributed by atoms with E-state index in [4.69, 9.17) is 0 Å². The van der Waals surface area contributed by atoms with E-state index in [1.807, 2.05) is 14.0 Å². The van der Waals surface area contributed by atoms with Crippen molar-refractivity contribution in [1.82, 2.24) is 15.6 Å². The Kier molecular flexibility index (Phi) is 5.83. The van der Waals surface area contributed by atoms with Crippen molar-refractivity contribution in [2.24, 2.45) is 10.9 Å². The maximum absolute atomic E-state index is 4.48. The average Bonchev–Trinajstić information content (AvgIpc) is 2.85. The van der Waals surface area contributed by atoms with Gasteiger partial charge in [0.15, 0.2) is 5.96 Å². The van der Waals surface area contributed by atoms with E-state index in [1.165, 1.54) is 31.4 Å². The standard InChI is InChI=1S/C15H26N4S/c1-11-4-6-13(7-5-11)19-15(16-3)17-9-8-14-10-20-12(2)18-14/h10-11,13H,4-9H2,1-3H3,(H2,16,17,19). The van der Waals surface area contributed by atoms with Gasteiger partial charge in [-0.1, -0.05) is 6.92 Å². The minimum Gasteiger partial charge on any atom is -0.356 e. The van der Waals surface area contributed by atoms with Crippen molar-refractivity contribution in [1.29, 1.82) is 0 Å². The molecular formula is C15H26N4S. The largest absolute Gasteiger partial charge is 0.356 e. The molecule has 0 bridgehead atoms. The summed E-state index contributed by atoms with van der Waals surface area (Å²) in [4.78, 5) is 8.79. The Labute approximate surface area is 126 Å². The molecular weight excluding hydrogens is 268 g/mol. The van der Waals surface area contributed by atoms with E-state index >= 15 is 0 Å². The number of aryl methyl sites for hydroxylation is 1. The second kappa shape index (κ2) is 7.62. The summed E-state index contributed by atoms with van der Waals surface area (Å²) in [6.07, 6.45) is 6.12. The van der Waals surface area contributed by atoms with Gasteiger partial charge in [-0.15, -0.1) is 11.3 Å². The number of aliphatic imine (C=N–C) groups is 1. The molecule has 2 N–H and O–H groups in total. The van der Waals surface area contributed by atoms with E-state index in [2.05, 4.69) is 32.9 Å². The zero-order chi connectivity index (χ0) is 14.4. The number of rotatable bonds is 4. The molecule has 1 aromatic heterocycles. The molecule has 1 fully saturated rings. The van der Waals surface area contributed by atoms with Gasteiger partial charge in [0.2, 0.25) is 0 Å². The molecule has 1 aliphatic carbocycles. The molecule has 1 aliphatic rings. The van der Waals surface area contributed by atoms with E-state index in [1.54, 1.807) is 11.3 Å². The lowest BCUT2D eigenvalue weighted by Gasteiger charge is -2.28. The molecule has 0 aromatic carbocycles. The Balaban J connectivity index is 1.70. The lowest BCUT2D eigenvalue weighted by Crippen LogP contribution is -2.45. The summed E-state index contributed by atoms with van der Waals surface area (Å²) >= 11 is 1.71. The van der Waals surface area contributed by atoms with Gasteiger partial charge < -0.3 is 10.6 Å². The van der Waals surface area contributed by atoms with Crippen molar-refractivity contribution in [2.75, 3.05) is 13.6 Å². The summed E-state index contributed by atoms with van der Waals surface area (Å²) in [5.41, 5.74) is 1.17. The van der Waals surface area contributed by atoms with Crippen LogP contribution >= 0.6 is 11.3 Å². The summed E-state index contributed by atoms with van der Waals surface area (Å²) < 4.78 is 0. The summed E-state index contributed by atoms with van der Waals surface area (Å²) in [6.45, 7) is 5.28. The number of nitrogens with zero attached hydrogens (tertiary/aromatic N) is 2. The molecule has 4 nitrogen and oxygen atoms in total. The van der Waals surface area contributed by atoms with E-state index in [0.29, 0.717) is 6.04 Å². The smallest absolute Gasteiger partial charge is 0.191 e. The van der Waals surface area contributed by atoms with Crippen molar-refractivity contribution in [2.45, 2.75) is 52.0 Å². The van der Waals surface area contributed by atoms with Crippen molar-refractivity contribution >= 4 is 17.3 Å². The summed E-state index contributed by atoms with van der Waals surface area (Å²) in [6, 6.07) is 0.582. The fourth-order valence-corrected chi connectivity index (χ4v) is 3.27. The molecule has 112 valence electrons. The van der Waals surface area contributed by atoms with E-state index in [0.717, 1.165) is 29.9 Å². The maximum atomic E-state index is 4.48. The first kappa shape index (κ1) is 15.3. The second-order valence-corrected chi connectivity index (χ2v) is 6.77. The van der Waals surface area contributed by atoms with Crippen molar-refractivity contribution < 1.29 is 0 Å². The SMILES string of the molecule is CN=C(NCCc1csc(C)n1)NC1CCC(C)CC1. The first-order valence-corrected chi connectivity index (χ1v) is 8.43. The first-order valence-electron chi connectivity index (χ1n) is 7.55. The normalized spacial score (nSPS) is 23.6. The topological polar surface area (TPSA) is 49.3 Å². The highest BCUT2D eigenvalue weighted by Crippen LogP contribution is 2.23. The molecule has 5 heteroatoms. The van der Waals surface area contributed by atoms with Crippen LogP contribution in [-0.2, 0) is 6.42 Å². The Morgan fingerprint density at radius 2 is 2.15 bits per heavy atom. The third-order valence-corrected chi connectivity index (χ3v) is 4.74. The third kappa shape index (κ3) is 4.78. The van der Waals surface area contributed by atoms with Gasteiger partial charge in [0, 0.05) is 31.4 Å². The second-order valence-electron chi connectivity index (χ2n) is 5.71. The van der Waals surface area contributed by atoms with Crippen LogP contribution in [0.15, 0.2) is 10.4 Å². The predicted octanol–water partition coefficient (Wildman–Crippen LogP) is 2.74. The number of nitrogens with one attached hydrogen (secondary N) is 2. The summed E-state index contributed by atoms with van der Waals surface area (Å²) in [7, 11) is 1.84. The highest BCUT2D eigenvalue weighted by atomic mass is 32.1. The summed E-state index contributed by atoms with van der Waals surface area (Å²) in [5, 5.41) is 10.2. The van der Waals surface area contributed by atoms with Crippen LogP contribution in [0, 0.1) is 12.8 Å². The van der Waals surface area contributed by atoms with Crippen LogP contribution in [0.3, 0.4) is 0 Å². The van der Waals surface area contributed by atoms with Gasteiger partial charge in [0.25, 0.3) is 0 Å². The Hall–Kier alpha value is -1.10. The molecule has 1 aromatic rings. The van der Waals surface area contributed by atoms with Crippen LogP contribution in [0.5, 0.6) is 0 Å². The van der Waals surface area contributed by atoms with E-state index in [9.17, 15) is 0 Å². The zero-order valence-corrected chi connectivity index (χ0v) is 13.6. The van der Waals surface area contributed by atoms with Crippen molar-refractivity contribution in [3.63, 3.8) is 0 Å². The molecule has 20 heavy (non-hydrogen) atoms. The predicted molar refractivity (Wildman–Crippen MR) is 86.5 cm³/mol. The van der Waals surface area contributed by atoms with Crippen molar-refractivity contribution in [3.8, 4) is 0 Å². The molecule has 0 radical (unpaired) electrons. The molecule has 0 unspecified atom stereocenters. The highest BCUT2D eigenvalue weighted by molar-refractivity contribution is 7.09. The molecule has 1 heterocycles. The van der Waals surface area contributed by atoms with Gasteiger partial charge in [-0.25, -0.2) is 4.98 Å². The number of hydrogen-bond acceptors (Lipinski definition) is 3. The number of hydrogen-bond donors (Lipinski definition) is 2. The quantitative estimate of drug-likeness (QED) is 0.663. The first-order chi connectivity index (χ1) is 9.67. The van der Waals surface area contributed by atoms with E-state index < -0.39 is 0 Å². The molecule has 2 rings (SSSR count). The lowest BCUT2D eigenvalue weighted by molar-refractivity contribution is 0.329. The Morgan fingerprint density at radius 3 is 2.75 bits per heavy atom. The lowest BCUT2D eigenvalue weighted by atomic mass is 9.87. The van der Waals surface area contributed by atoms with Crippen LogP contribution < -0.4 is 10.6 Å². The Morgan fingerprint density at radius 1 is 1.40 bits per heavy atom. The fourth-order valence-electron chi connectivity index (χ4n) is 2.62. The van der Waals surface area contributed by atoms with Crippen LogP contribution in [0.4, 0.5) is 0 Å². The van der Waals surface area contributed by atoms with Gasteiger partial charge in [-0.05, 0) is 38.5 Å². The number of guanidine groups is 1. The minimum atomic E-state index is 0.582. The number of aromatic nitrogens is 1. The molecule has 0 atom stereocenters. The van der Waals surface area contributed by atoms with Crippen LogP contribution in [0.25, 0.3) is 0 Å². The minimum absolute atomic E-state index is 0.582. The van der Waals surface area contributed by atoms with Crippen LogP contribution in [0.2, 0.25) is 0 Å². The van der Waals surface area contributed by atoms with E-state index in [-0.39, 0.29) is 0 Å². The van der Waals surface area contributed by atoms with Gasteiger partial charge in [0.1, 0.15) is 0 Å². The monoisotopic (exact) mass is 294 g/mol. The summed E-state index contributed by atoms with van der Waals surface area (Å²) in [5.74, 6) is 1.81. The fraction of sp³-hybridized carbons (Fsp3) is 0.733. The molecule has 0 spiro atoms. The average molecular weight is 294 g/mol. The van der Waals surface area contributed by atoms with Crippen LogP contribution in [0.1, 0.15) is 43.3 Å². The zero-order valence-electron chi connectivity index (χ0n) is 12.8. The van der Waals surface area contributed by atoms with Gasteiger partial charge in [-0.2, -0.15) is 0 Å². The highest BCUT2D eigenvalue weighted by Gasteiger charge is 2.18. The molecule has 0 aliphatic heterocycles. The van der Waals surface area contributed by atoms with Crippen LogP contribution in [-0.4, -0.2) is 30.6 Å².